The Morgan fingerprint density at radius 1 is 1.11 bits per heavy atom. The lowest BCUT2D eigenvalue weighted by Gasteiger charge is -2.45. The van der Waals surface area contributed by atoms with Gasteiger partial charge in [-0.1, -0.05) is 30.3 Å². The highest BCUT2D eigenvalue weighted by molar-refractivity contribution is 8.01. The molecule has 0 radical (unpaired) electrons. The molecule has 2 fully saturated rings. The van der Waals surface area contributed by atoms with Crippen LogP contribution in [0.3, 0.4) is 0 Å². The Kier molecular flexibility index (Phi) is 8.06. The second-order valence-corrected chi connectivity index (χ2v) is 10.6. The van der Waals surface area contributed by atoms with Crippen molar-refractivity contribution in [2.75, 3.05) is 27.2 Å². The second kappa shape index (κ2) is 10.6. The smallest absolute Gasteiger partial charge is 0.330 e. The predicted octanol–water partition coefficient (Wildman–Crippen LogP) is -0.910. The standard InChI is InChI=1S/C23H30N4O7S/c1-23(2)18(22(33)34-12-13-8-6-5-7-9-13)27-19(31)16(21(27)35-23)17(30)20(32)26(10-14(28)24-3)11-15(29)25-4/h5-9,16-18,21,30H,10-12H2,1-4H3,(H,24,28)(H,25,29)/t16-,17+,18+,21-/m1/s1. The van der Waals surface area contributed by atoms with Gasteiger partial charge in [0.05, 0.1) is 5.37 Å². The summed E-state index contributed by atoms with van der Waals surface area (Å²) >= 11 is 1.30. The second-order valence-electron chi connectivity index (χ2n) is 8.86. The topological polar surface area (TPSA) is 145 Å². The number of nitrogens with zero attached hydrogens (tertiary/aromatic N) is 2. The zero-order valence-electron chi connectivity index (χ0n) is 20.0. The van der Waals surface area contributed by atoms with Gasteiger partial charge in [0.2, 0.25) is 17.7 Å². The number of carbonyl (C=O) groups is 5. The summed E-state index contributed by atoms with van der Waals surface area (Å²) in [5, 5.41) is 14.9. The molecule has 190 valence electrons. The van der Waals surface area contributed by atoms with Crippen molar-refractivity contribution in [3.63, 3.8) is 0 Å². The largest absolute Gasteiger partial charge is 0.459 e. The first kappa shape index (κ1) is 26.5. The van der Waals surface area contributed by atoms with Gasteiger partial charge in [-0.2, -0.15) is 0 Å². The molecule has 0 saturated carbocycles. The number of esters is 1. The number of fused-ring (bicyclic) bond motifs is 1. The van der Waals surface area contributed by atoms with Crippen LogP contribution in [0, 0.1) is 5.92 Å². The molecule has 2 heterocycles. The van der Waals surface area contributed by atoms with E-state index in [0.717, 1.165) is 10.5 Å². The molecule has 0 spiro atoms. The van der Waals surface area contributed by atoms with E-state index < -0.39 is 70.9 Å². The fourth-order valence-corrected chi connectivity index (χ4v) is 5.89. The van der Waals surface area contributed by atoms with E-state index >= 15 is 0 Å². The lowest BCUT2D eigenvalue weighted by Crippen LogP contribution is -2.67. The van der Waals surface area contributed by atoms with E-state index in [2.05, 4.69) is 10.6 Å². The van der Waals surface area contributed by atoms with Crippen molar-refractivity contribution in [1.29, 1.82) is 0 Å². The Bertz CT molecular complexity index is 985. The summed E-state index contributed by atoms with van der Waals surface area (Å²) in [4.78, 5) is 64.9. The SMILES string of the molecule is CNC(=O)CN(CC(=O)NC)C(=O)[C@@H](O)[C@@H]1C(=O)N2[C@@H]1SC(C)(C)[C@@H]2C(=O)OCc1ccccc1. The third kappa shape index (κ3) is 5.43. The zero-order valence-corrected chi connectivity index (χ0v) is 20.8. The fourth-order valence-electron chi connectivity index (χ4n) is 4.18. The van der Waals surface area contributed by atoms with Crippen LogP contribution in [-0.4, -0.2) is 94.0 Å². The van der Waals surface area contributed by atoms with Crippen molar-refractivity contribution in [2.45, 2.75) is 42.7 Å². The van der Waals surface area contributed by atoms with E-state index in [1.54, 1.807) is 13.8 Å². The van der Waals surface area contributed by atoms with Crippen LogP contribution in [0.4, 0.5) is 0 Å². The molecule has 2 aliphatic heterocycles. The number of hydrogen-bond acceptors (Lipinski definition) is 8. The number of thioether (sulfide) groups is 1. The van der Waals surface area contributed by atoms with E-state index in [9.17, 15) is 29.1 Å². The summed E-state index contributed by atoms with van der Waals surface area (Å²) in [7, 11) is 2.76. The van der Waals surface area contributed by atoms with Crippen molar-refractivity contribution >= 4 is 41.4 Å². The van der Waals surface area contributed by atoms with Crippen molar-refractivity contribution in [1.82, 2.24) is 20.4 Å². The van der Waals surface area contributed by atoms with Gasteiger partial charge in [0.1, 0.15) is 37.8 Å². The Balaban J connectivity index is 1.72. The summed E-state index contributed by atoms with van der Waals surface area (Å²) in [6, 6.07) is 8.26. The van der Waals surface area contributed by atoms with Gasteiger partial charge in [0.25, 0.3) is 5.91 Å². The molecular formula is C23H30N4O7S. The number of β-lactam (4-membered cyclic amide) rings is 1. The zero-order chi connectivity index (χ0) is 25.9. The Hall–Kier alpha value is -3.12. The average molecular weight is 507 g/mol. The van der Waals surface area contributed by atoms with Crippen LogP contribution in [0.2, 0.25) is 0 Å². The lowest BCUT2D eigenvalue weighted by molar-refractivity contribution is -0.175. The van der Waals surface area contributed by atoms with Crippen LogP contribution in [0.1, 0.15) is 19.4 Å². The van der Waals surface area contributed by atoms with Gasteiger partial charge in [-0.3, -0.25) is 19.2 Å². The lowest BCUT2D eigenvalue weighted by atomic mass is 9.87. The molecule has 11 nitrogen and oxygen atoms in total. The van der Waals surface area contributed by atoms with Crippen LogP contribution in [0.25, 0.3) is 0 Å². The molecular weight excluding hydrogens is 476 g/mol. The highest BCUT2D eigenvalue weighted by atomic mass is 32.2. The van der Waals surface area contributed by atoms with Crippen LogP contribution < -0.4 is 10.6 Å². The van der Waals surface area contributed by atoms with Gasteiger partial charge in [-0.05, 0) is 19.4 Å². The molecule has 0 bridgehead atoms. The minimum atomic E-state index is -1.78. The normalized spacial score (nSPS) is 22.9. The van der Waals surface area contributed by atoms with Crippen LogP contribution in [0.15, 0.2) is 30.3 Å². The number of rotatable bonds is 9. The highest BCUT2D eigenvalue weighted by Gasteiger charge is 2.66. The van der Waals surface area contributed by atoms with E-state index in [4.69, 9.17) is 4.74 Å². The summed E-state index contributed by atoms with van der Waals surface area (Å²) in [6.07, 6.45) is -1.78. The van der Waals surface area contributed by atoms with Gasteiger partial charge >= 0.3 is 5.97 Å². The summed E-state index contributed by atoms with van der Waals surface area (Å²) < 4.78 is 4.74. The van der Waals surface area contributed by atoms with E-state index in [1.165, 1.54) is 30.8 Å². The molecule has 2 saturated heterocycles. The molecule has 0 aliphatic carbocycles. The van der Waals surface area contributed by atoms with Gasteiger partial charge in [-0.15, -0.1) is 11.8 Å². The third-order valence-electron chi connectivity index (χ3n) is 6.06. The average Bonchev–Trinajstić information content (AvgIpc) is 3.08. The van der Waals surface area contributed by atoms with Gasteiger partial charge in [0.15, 0.2) is 0 Å². The minimum Gasteiger partial charge on any atom is -0.459 e. The van der Waals surface area contributed by atoms with Gasteiger partial charge in [0, 0.05) is 18.8 Å². The maximum atomic E-state index is 13.1. The van der Waals surface area contributed by atoms with Crippen LogP contribution >= 0.6 is 11.8 Å². The number of amides is 4. The number of nitrogens with one attached hydrogen (secondary N) is 2. The van der Waals surface area contributed by atoms with E-state index in [-0.39, 0.29) is 6.61 Å². The Morgan fingerprint density at radius 2 is 1.69 bits per heavy atom. The van der Waals surface area contributed by atoms with Crippen molar-refractivity contribution < 1.29 is 33.8 Å². The maximum absolute atomic E-state index is 13.1. The number of carbonyl (C=O) groups excluding carboxylic acids is 5. The van der Waals surface area contributed by atoms with Gasteiger partial charge < -0.3 is 30.3 Å². The third-order valence-corrected chi connectivity index (χ3v) is 7.65. The highest BCUT2D eigenvalue weighted by Crippen LogP contribution is 2.54. The molecule has 4 atom stereocenters. The Morgan fingerprint density at radius 3 is 2.23 bits per heavy atom. The van der Waals surface area contributed by atoms with Gasteiger partial charge in [-0.25, -0.2) is 4.79 Å². The predicted molar refractivity (Wildman–Crippen MR) is 127 cm³/mol. The van der Waals surface area contributed by atoms with Crippen LogP contribution in [0.5, 0.6) is 0 Å². The molecule has 1 aromatic rings. The molecule has 2 aliphatic rings. The number of benzene rings is 1. The van der Waals surface area contributed by atoms with Crippen LogP contribution in [-0.2, 0) is 35.3 Å². The first-order valence-electron chi connectivity index (χ1n) is 11.1. The van der Waals surface area contributed by atoms with Crippen molar-refractivity contribution in [3.8, 4) is 0 Å². The fraction of sp³-hybridized carbons (Fsp3) is 0.522. The number of ether oxygens (including phenoxy) is 1. The Labute approximate surface area is 207 Å². The molecule has 4 amide bonds. The number of likely N-dealkylation sites (N-methyl/N-ethyl adjacent to an activating group) is 2. The number of hydrogen-bond donors (Lipinski definition) is 3. The van der Waals surface area contributed by atoms with E-state index in [1.807, 2.05) is 30.3 Å². The summed E-state index contributed by atoms with van der Waals surface area (Å²) in [6.45, 7) is 2.74. The molecule has 0 unspecified atom stereocenters. The molecule has 0 aromatic heterocycles. The first-order valence-corrected chi connectivity index (χ1v) is 12.0. The summed E-state index contributed by atoms with van der Waals surface area (Å²) in [5.41, 5.74) is 0.807. The quantitative estimate of drug-likeness (QED) is 0.288. The van der Waals surface area contributed by atoms with Crippen molar-refractivity contribution in [2.24, 2.45) is 5.92 Å². The number of aliphatic hydroxyl groups excluding tert-OH is 1. The number of aliphatic hydroxyl groups is 1. The maximum Gasteiger partial charge on any atom is 0.330 e. The molecule has 12 heteroatoms. The summed E-state index contributed by atoms with van der Waals surface area (Å²) in [5.74, 6) is -4.22. The first-order chi connectivity index (χ1) is 16.5. The minimum absolute atomic E-state index is 0.0576. The monoisotopic (exact) mass is 506 g/mol. The molecule has 3 rings (SSSR count). The molecule has 35 heavy (non-hydrogen) atoms. The van der Waals surface area contributed by atoms with Crippen molar-refractivity contribution in [3.05, 3.63) is 35.9 Å². The molecule has 3 N–H and O–H groups in total. The molecule has 1 aromatic carbocycles. The van der Waals surface area contributed by atoms with E-state index in [0.29, 0.717) is 0 Å².